The zero-order chi connectivity index (χ0) is 25.0. The number of nitrogens with zero attached hydrogens (tertiary/aromatic N) is 2. The van der Waals surface area contributed by atoms with E-state index in [-0.39, 0.29) is 6.04 Å². The molecule has 35 heavy (non-hydrogen) atoms. The second-order valence-electron chi connectivity index (χ2n) is 10.0. The molecular weight excluding hydrogens is 467 g/mol. The van der Waals surface area contributed by atoms with Gasteiger partial charge in [-0.3, -0.25) is 0 Å². The number of fused-ring (bicyclic) bond motifs is 1. The number of halogens is 3. The average molecular weight is 504 g/mol. The molecule has 190 valence electrons. The van der Waals surface area contributed by atoms with Gasteiger partial charge in [-0.25, -0.2) is 0 Å². The molecule has 0 aromatic heterocycles. The zero-order valence-corrected chi connectivity index (χ0v) is 21.5. The number of anilines is 2. The monoisotopic (exact) mass is 503 g/mol. The molecule has 1 saturated carbocycles. The largest absolute Gasteiger partial charge is 0.416 e. The van der Waals surface area contributed by atoms with Crippen molar-refractivity contribution >= 4 is 28.7 Å². The summed E-state index contributed by atoms with van der Waals surface area (Å²) in [6, 6.07) is 12.3. The maximum absolute atomic E-state index is 13.2. The summed E-state index contributed by atoms with van der Waals surface area (Å²) in [7, 11) is 0. The summed E-state index contributed by atoms with van der Waals surface area (Å²) in [5.41, 5.74) is 3.63. The van der Waals surface area contributed by atoms with E-state index < -0.39 is 11.7 Å². The van der Waals surface area contributed by atoms with Crippen LogP contribution in [0.1, 0.15) is 69.1 Å². The number of nitrogens with one attached hydrogen (secondary N) is 1. The molecule has 7 heteroatoms. The molecule has 0 amide bonds. The van der Waals surface area contributed by atoms with Gasteiger partial charge in [-0.05, 0) is 85.6 Å². The fourth-order valence-electron chi connectivity index (χ4n) is 5.59. The smallest absolute Gasteiger partial charge is 0.371 e. The predicted octanol–water partition coefficient (Wildman–Crippen LogP) is 7.65. The average Bonchev–Trinajstić information content (AvgIpc) is 2.83. The maximum atomic E-state index is 13.2. The fourth-order valence-corrected chi connectivity index (χ4v) is 5.91. The molecule has 0 spiro atoms. The molecule has 2 aromatic carbocycles. The summed E-state index contributed by atoms with van der Waals surface area (Å²) in [6.45, 7) is 7.31. The maximum Gasteiger partial charge on any atom is 0.416 e. The van der Waals surface area contributed by atoms with Crippen molar-refractivity contribution < 1.29 is 13.2 Å². The highest BCUT2D eigenvalue weighted by Crippen LogP contribution is 2.33. The van der Waals surface area contributed by atoms with Gasteiger partial charge in [-0.2, -0.15) is 13.2 Å². The number of hydrogen-bond acceptors (Lipinski definition) is 2. The molecule has 2 atom stereocenters. The molecule has 0 bridgehead atoms. The minimum absolute atomic E-state index is 0.266. The number of alkyl halides is 3. The molecule has 1 aliphatic carbocycles. The van der Waals surface area contributed by atoms with Crippen LogP contribution in [0.15, 0.2) is 42.5 Å². The summed E-state index contributed by atoms with van der Waals surface area (Å²) in [5.74, 6) is 0.475. The third-order valence-electron chi connectivity index (χ3n) is 7.37. The van der Waals surface area contributed by atoms with E-state index >= 15 is 0 Å². The van der Waals surface area contributed by atoms with Gasteiger partial charge in [-0.15, -0.1) is 0 Å². The predicted molar refractivity (Wildman–Crippen MR) is 142 cm³/mol. The number of thiocarbonyl (C=S) groups is 1. The Labute approximate surface area is 212 Å². The summed E-state index contributed by atoms with van der Waals surface area (Å²) >= 11 is 5.83. The van der Waals surface area contributed by atoms with E-state index in [9.17, 15) is 13.2 Å². The van der Waals surface area contributed by atoms with Gasteiger partial charge in [0, 0.05) is 37.1 Å². The van der Waals surface area contributed by atoms with E-state index in [2.05, 4.69) is 47.2 Å². The van der Waals surface area contributed by atoms with E-state index in [1.165, 1.54) is 29.3 Å². The fraction of sp³-hybridized carbons (Fsp3) is 0.536. The van der Waals surface area contributed by atoms with Crippen LogP contribution in [-0.4, -0.2) is 29.1 Å². The molecule has 1 N–H and O–H groups in total. The second-order valence-corrected chi connectivity index (χ2v) is 10.4. The molecule has 0 unspecified atom stereocenters. The lowest BCUT2D eigenvalue weighted by molar-refractivity contribution is -0.137. The molecule has 0 saturated heterocycles. The molecule has 2 aliphatic rings. The summed E-state index contributed by atoms with van der Waals surface area (Å²) in [6.07, 6.45) is 3.53. The van der Waals surface area contributed by atoms with E-state index in [1.807, 2.05) is 0 Å². The Hall–Kier alpha value is -2.28. The van der Waals surface area contributed by atoms with Crippen LogP contribution in [0.25, 0.3) is 0 Å². The number of rotatable bonds is 6. The van der Waals surface area contributed by atoms with Crippen molar-refractivity contribution in [3.8, 4) is 0 Å². The topological polar surface area (TPSA) is 18.5 Å². The van der Waals surface area contributed by atoms with E-state index in [1.54, 1.807) is 6.07 Å². The molecule has 4 rings (SSSR count). The lowest BCUT2D eigenvalue weighted by Gasteiger charge is -2.40. The minimum Gasteiger partial charge on any atom is -0.371 e. The molecule has 0 radical (unpaired) electrons. The standard InChI is InChI=1S/C28H36F3N3S/c1-3-15-33-16-7-9-22-17-21(13-14-26(22)33)19-34(25-12-5-4-8-20(25)2)27(35)32-24-11-6-10-23(18-24)28(29,30)31/h6,10-11,13-14,17-18,20,25H,3-5,7-9,12,15-16,19H2,1-2H3,(H,32,35)/t20-,25-/m1/s1. The number of aryl methyl sites for hydroxylation is 1. The van der Waals surface area contributed by atoms with Crippen LogP contribution >= 0.6 is 12.2 Å². The summed E-state index contributed by atoms with van der Waals surface area (Å²) in [5, 5.41) is 3.62. The Morgan fingerprint density at radius 3 is 2.66 bits per heavy atom. The highest BCUT2D eigenvalue weighted by atomic mass is 32.1. The van der Waals surface area contributed by atoms with Crippen molar-refractivity contribution in [1.29, 1.82) is 0 Å². The molecule has 2 aromatic rings. The first kappa shape index (κ1) is 25.8. The highest BCUT2D eigenvalue weighted by molar-refractivity contribution is 7.80. The van der Waals surface area contributed by atoms with Crippen molar-refractivity contribution in [2.75, 3.05) is 23.3 Å². The van der Waals surface area contributed by atoms with Crippen LogP contribution in [0, 0.1) is 5.92 Å². The molecule has 1 aliphatic heterocycles. The van der Waals surface area contributed by atoms with Gasteiger partial charge in [0.05, 0.1) is 5.56 Å². The molecule has 3 nitrogen and oxygen atoms in total. The first-order valence-corrected chi connectivity index (χ1v) is 13.3. The first-order chi connectivity index (χ1) is 16.8. The van der Waals surface area contributed by atoms with Gasteiger partial charge >= 0.3 is 6.18 Å². The van der Waals surface area contributed by atoms with Gasteiger partial charge in [-0.1, -0.05) is 44.9 Å². The van der Waals surface area contributed by atoms with Gasteiger partial charge in [0.15, 0.2) is 5.11 Å². The van der Waals surface area contributed by atoms with Gasteiger partial charge in [0.1, 0.15) is 0 Å². The molecular formula is C28H36F3N3S. The van der Waals surface area contributed by atoms with Crippen LogP contribution in [-0.2, 0) is 19.1 Å². The number of hydrogen-bond donors (Lipinski definition) is 1. The van der Waals surface area contributed by atoms with Crippen molar-refractivity contribution in [1.82, 2.24) is 4.90 Å². The Bertz CT molecular complexity index is 1020. The normalized spacial score (nSPS) is 20.3. The Kier molecular flexibility index (Phi) is 8.25. The van der Waals surface area contributed by atoms with Crippen LogP contribution in [0.4, 0.5) is 24.5 Å². The Morgan fingerprint density at radius 1 is 1.11 bits per heavy atom. The lowest BCUT2D eigenvalue weighted by atomic mass is 9.84. The zero-order valence-electron chi connectivity index (χ0n) is 20.7. The summed E-state index contributed by atoms with van der Waals surface area (Å²) < 4.78 is 39.7. The second kappa shape index (κ2) is 11.2. The molecule has 1 heterocycles. The van der Waals surface area contributed by atoms with E-state index in [0.717, 1.165) is 63.7 Å². The van der Waals surface area contributed by atoms with Crippen LogP contribution in [0.3, 0.4) is 0 Å². The van der Waals surface area contributed by atoms with Gasteiger partial charge in [0.25, 0.3) is 0 Å². The minimum atomic E-state index is -4.38. The molecule has 1 fully saturated rings. The van der Waals surface area contributed by atoms with Crippen molar-refractivity contribution in [3.05, 3.63) is 59.2 Å². The quantitative estimate of drug-likeness (QED) is 0.408. The van der Waals surface area contributed by atoms with Gasteiger partial charge < -0.3 is 15.1 Å². The van der Waals surface area contributed by atoms with Crippen molar-refractivity contribution in [2.45, 2.75) is 77.6 Å². The SMILES string of the molecule is CCCN1CCCc2cc(CN(C(=S)Nc3cccc(C(F)(F)F)c3)[C@@H]3CCCC[C@H]3C)ccc21. The van der Waals surface area contributed by atoms with Crippen molar-refractivity contribution in [3.63, 3.8) is 0 Å². The lowest BCUT2D eigenvalue weighted by Crippen LogP contribution is -2.46. The third-order valence-corrected chi connectivity index (χ3v) is 7.71. The van der Waals surface area contributed by atoms with Crippen LogP contribution < -0.4 is 10.2 Å². The third kappa shape index (κ3) is 6.29. The van der Waals surface area contributed by atoms with Crippen molar-refractivity contribution in [2.24, 2.45) is 5.92 Å². The van der Waals surface area contributed by atoms with Crippen LogP contribution in [0.5, 0.6) is 0 Å². The van der Waals surface area contributed by atoms with Gasteiger partial charge in [0.2, 0.25) is 0 Å². The Balaban J connectivity index is 1.57. The highest BCUT2D eigenvalue weighted by Gasteiger charge is 2.32. The van der Waals surface area contributed by atoms with E-state index in [4.69, 9.17) is 12.2 Å². The summed E-state index contributed by atoms with van der Waals surface area (Å²) in [4.78, 5) is 4.69. The Morgan fingerprint density at radius 2 is 1.91 bits per heavy atom. The van der Waals surface area contributed by atoms with Crippen LogP contribution in [0.2, 0.25) is 0 Å². The van der Waals surface area contributed by atoms with E-state index in [0.29, 0.717) is 23.3 Å². The first-order valence-electron chi connectivity index (χ1n) is 12.9. The number of benzene rings is 2.